The van der Waals surface area contributed by atoms with Gasteiger partial charge in [0.15, 0.2) is 0 Å². The van der Waals surface area contributed by atoms with Crippen LogP contribution in [0.15, 0.2) is 60.0 Å². The summed E-state index contributed by atoms with van der Waals surface area (Å²) in [6.07, 6.45) is 0.720. The van der Waals surface area contributed by atoms with E-state index in [0.717, 1.165) is 27.7 Å². The minimum atomic E-state index is -1.21. The first kappa shape index (κ1) is 19.1. The molecule has 1 saturated heterocycles. The van der Waals surface area contributed by atoms with Gasteiger partial charge in [-0.2, -0.15) is 0 Å². The third-order valence-electron chi connectivity index (χ3n) is 5.18. The number of benzene rings is 2. The van der Waals surface area contributed by atoms with Gasteiger partial charge in [-0.05, 0) is 41.1 Å². The summed E-state index contributed by atoms with van der Waals surface area (Å²) in [4.78, 5) is 40.1. The van der Waals surface area contributed by atoms with Crippen LogP contribution in [0.2, 0.25) is 0 Å². The van der Waals surface area contributed by atoms with E-state index in [1.165, 1.54) is 4.88 Å². The molecule has 4 rings (SSSR count). The maximum atomic E-state index is 13.1. The van der Waals surface area contributed by atoms with E-state index in [-0.39, 0.29) is 12.5 Å². The number of nitrogens with one attached hydrogen (secondary N) is 2. The van der Waals surface area contributed by atoms with Gasteiger partial charge in [-0.1, -0.05) is 48.5 Å². The molecule has 2 aromatic carbocycles. The van der Waals surface area contributed by atoms with Gasteiger partial charge in [-0.15, -0.1) is 11.3 Å². The Balaban J connectivity index is 1.48. The molecule has 4 amide bonds. The first-order valence-corrected chi connectivity index (χ1v) is 10.3. The highest BCUT2D eigenvalue weighted by Crippen LogP contribution is 2.33. The molecule has 1 aliphatic heterocycles. The second kappa shape index (κ2) is 7.67. The van der Waals surface area contributed by atoms with Crippen LogP contribution in [0.3, 0.4) is 0 Å². The standard InChI is InChI=1S/C22H21N3O3S/c1-22(18-10-4-7-15-6-2-3-9-17(15)18)20(27)25(21(28)24-22)14-19(26)23-12-11-16-8-5-13-29-16/h2-10,13H,11-12,14H2,1H3,(H,23,26)(H,24,28)/t22-/m0/s1. The number of amides is 4. The van der Waals surface area contributed by atoms with Crippen LogP contribution >= 0.6 is 11.3 Å². The van der Waals surface area contributed by atoms with Gasteiger partial charge >= 0.3 is 6.03 Å². The van der Waals surface area contributed by atoms with Crippen LogP contribution in [0.5, 0.6) is 0 Å². The van der Waals surface area contributed by atoms with Gasteiger partial charge < -0.3 is 10.6 Å². The van der Waals surface area contributed by atoms with Crippen LogP contribution in [0.25, 0.3) is 10.8 Å². The third kappa shape index (κ3) is 3.61. The normalized spacial score (nSPS) is 18.9. The third-order valence-corrected chi connectivity index (χ3v) is 6.11. The van der Waals surface area contributed by atoms with Crippen molar-refractivity contribution < 1.29 is 14.4 Å². The lowest BCUT2D eigenvalue weighted by atomic mass is 9.88. The fourth-order valence-electron chi connectivity index (χ4n) is 3.66. The summed E-state index contributed by atoms with van der Waals surface area (Å²) in [6.45, 7) is 1.85. The molecular formula is C22H21N3O3S. The molecule has 0 aliphatic carbocycles. The highest BCUT2D eigenvalue weighted by Gasteiger charge is 2.50. The van der Waals surface area contributed by atoms with Crippen LogP contribution in [0, 0.1) is 0 Å². The number of fused-ring (bicyclic) bond motifs is 1. The lowest BCUT2D eigenvalue weighted by Gasteiger charge is -2.24. The zero-order chi connectivity index (χ0) is 20.4. The van der Waals surface area contributed by atoms with Crippen molar-refractivity contribution in [1.82, 2.24) is 15.5 Å². The summed E-state index contributed by atoms with van der Waals surface area (Å²) in [5.74, 6) is -0.778. The Morgan fingerprint density at radius 2 is 1.90 bits per heavy atom. The number of rotatable bonds is 6. The van der Waals surface area contributed by atoms with Crippen molar-refractivity contribution in [2.75, 3.05) is 13.1 Å². The largest absolute Gasteiger partial charge is 0.354 e. The van der Waals surface area contributed by atoms with Crippen molar-refractivity contribution in [3.63, 3.8) is 0 Å². The maximum absolute atomic E-state index is 13.1. The van der Waals surface area contributed by atoms with E-state index < -0.39 is 17.5 Å². The lowest BCUT2D eigenvalue weighted by Crippen LogP contribution is -2.43. The molecule has 0 saturated carbocycles. The fourth-order valence-corrected chi connectivity index (χ4v) is 4.37. The molecule has 0 radical (unpaired) electrons. The molecule has 0 spiro atoms. The van der Waals surface area contributed by atoms with Crippen LogP contribution in [0.1, 0.15) is 17.4 Å². The second-order valence-corrected chi connectivity index (χ2v) is 8.18. The van der Waals surface area contributed by atoms with E-state index >= 15 is 0 Å². The number of carbonyl (C=O) groups excluding carboxylic acids is 3. The SMILES string of the molecule is C[C@@]1(c2cccc3ccccc23)NC(=O)N(CC(=O)NCCc2cccs2)C1=O. The van der Waals surface area contributed by atoms with Gasteiger partial charge in [0.2, 0.25) is 5.91 Å². The predicted molar refractivity (Wildman–Crippen MR) is 113 cm³/mol. The first-order chi connectivity index (χ1) is 14.0. The Labute approximate surface area is 172 Å². The van der Waals surface area contributed by atoms with Gasteiger partial charge in [0.05, 0.1) is 0 Å². The number of urea groups is 1. The van der Waals surface area contributed by atoms with E-state index in [9.17, 15) is 14.4 Å². The minimum Gasteiger partial charge on any atom is -0.354 e. The molecule has 1 atom stereocenters. The number of hydrogen-bond donors (Lipinski definition) is 2. The number of thiophene rings is 1. The molecule has 2 N–H and O–H groups in total. The fraction of sp³-hybridized carbons (Fsp3) is 0.227. The Hall–Kier alpha value is -3.19. The highest BCUT2D eigenvalue weighted by molar-refractivity contribution is 7.09. The van der Waals surface area contributed by atoms with Gasteiger partial charge in [0.1, 0.15) is 12.1 Å². The summed E-state index contributed by atoms with van der Waals surface area (Å²) in [7, 11) is 0. The van der Waals surface area contributed by atoms with Crippen molar-refractivity contribution in [3.05, 3.63) is 70.4 Å². The monoisotopic (exact) mass is 407 g/mol. The van der Waals surface area contributed by atoms with Gasteiger partial charge in [-0.3, -0.25) is 14.5 Å². The molecule has 0 bridgehead atoms. The van der Waals surface area contributed by atoms with Crippen LogP contribution < -0.4 is 10.6 Å². The molecule has 1 aromatic heterocycles. The van der Waals surface area contributed by atoms with Crippen LogP contribution in [0.4, 0.5) is 4.79 Å². The Morgan fingerprint density at radius 3 is 2.69 bits per heavy atom. The molecular weight excluding hydrogens is 386 g/mol. The van der Waals surface area contributed by atoms with Crippen molar-refractivity contribution in [1.29, 1.82) is 0 Å². The van der Waals surface area contributed by atoms with Gasteiger partial charge in [-0.25, -0.2) is 4.79 Å². The van der Waals surface area contributed by atoms with Crippen LogP contribution in [-0.4, -0.2) is 35.8 Å². The number of imide groups is 1. The molecule has 3 aromatic rings. The van der Waals surface area contributed by atoms with Crippen molar-refractivity contribution in [3.8, 4) is 0 Å². The summed E-state index contributed by atoms with van der Waals surface area (Å²) in [6, 6.07) is 16.8. The molecule has 148 valence electrons. The van der Waals surface area contributed by atoms with E-state index in [1.807, 2.05) is 60.0 Å². The maximum Gasteiger partial charge on any atom is 0.325 e. The predicted octanol–water partition coefficient (Wildman–Crippen LogP) is 3.03. The Bertz CT molecular complexity index is 1070. The lowest BCUT2D eigenvalue weighted by molar-refractivity contribution is -0.134. The topological polar surface area (TPSA) is 78.5 Å². The zero-order valence-electron chi connectivity index (χ0n) is 16.0. The molecule has 0 unspecified atom stereocenters. The van der Waals surface area contributed by atoms with Gasteiger partial charge in [0, 0.05) is 11.4 Å². The average Bonchev–Trinajstić information content (AvgIpc) is 3.31. The summed E-state index contributed by atoms with van der Waals surface area (Å²) in [5.41, 5.74) is -0.496. The summed E-state index contributed by atoms with van der Waals surface area (Å²) in [5, 5.41) is 9.43. The van der Waals surface area contributed by atoms with Crippen molar-refractivity contribution in [2.24, 2.45) is 0 Å². The molecule has 7 heteroatoms. The van der Waals surface area contributed by atoms with E-state index in [1.54, 1.807) is 18.3 Å². The Kier molecular flexibility index (Phi) is 5.07. The number of carbonyl (C=O) groups is 3. The van der Waals surface area contributed by atoms with E-state index in [2.05, 4.69) is 10.6 Å². The zero-order valence-corrected chi connectivity index (χ0v) is 16.8. The summed E-state index contributed by atoms with van der Waals surface area (Å²) < 4.78 is 0. The summed E-state index contributed by atoms with van der Waals surface area (Å²) >= 11 is 1.63. The molecule has 29 heavy (non-hydrogen) atoms. The Morgan fingerprint density at radius 1 is 1.10 bits per heavy atom. The molecule has 1 aliphatic rings. The number of nitrogens with zero attached hydrogens (tertiary/aromatic N) is 1. The first-order valence-electron chi connectivity index (χ1n) is 9.40. The molecule has 6 nitrogen and oxygen atoms in total. The average molecular weight is 407 g/mol. The molecule has 1 fully saturated rings. The van der Waals surface area contributed by atoms with E-state index in [0.29, 0.717) is 6.54 Å². The second-order valence-electron chi connectivity index (χ2n) is 7.15. The van der Waals surface area contributed by atoms with Crippen LogP contribution in [-0.2, 0) is 21.5 Å². The smallest absolute Gasteiger partial charge is 0.325 e. The van der Waals surface area contributed by atoms with Crippen molar-refractivity contribution in [2.45, 2.75) is 18.9 Å². The molecule has 2 heterocycles. The highest BCUT2D eigenvalue weighted by atomic mass is 32.1. The van der Waals surface area contributed by atoms with Gasteiger partial charge in [0.25, 0.3) is 5.91 Å². The van der Waals surface area contributed by atoms with E-state index in [4.69, 9.17) is 0 Å². The minimum absolute atomic E-state index is 0.296. The van der Waals surface area contributed by atoms with Crippen molar-refractivity contribution >= 4 is 40.0 Å². The number of hydrogen-bond acceptors (Lipinski definition) is 4. The quantitative estimate of drug-likeness (QED) is 0.617.